The van der Waals surface area contributed by atoms with E-state index in [0.717, 1.165) is 0 Å². The molecule has 1 aliphatic rings. The van der Waals surface area contributed by atoms with E-state index in [1.54, 1.807) is 0 Å². The van der Waals surface area contributed by atoms with E-state index in [9.17, 15) is 14.7 Å². The summed E-state index contributed by atoms with van der Waals surface area (Å²) in [7, 11) is 1.50. The van der Waals surface area contributed by atoms with E-state index in [2.05, 4.69) is 10.6 Å². The molecule has 10 heteroatoms. The second-order valence-electron chi connectivity index (χ2n) is 5.76. The van der Waals surface area contributed by atoms with Crippen LogP contribution in [0.1, 0.15) is 16.8 Å². The molecule has 0 saturated carbocycles. The van der Waals surface area contributed by atoms with Crippen molar-refractivity contribution in [2.75, 3.05) is 31.5 Å². The Morgan fingerprint density at radius 2 is 2.04 bits per heavy atom. The number of hydrogen-bond donors (Lipinski definition) is 3. The summed E-state index contributed by atoms with van der Waals surface area (Å²) in [5.41, 5.74) is -0.454. The molecule has 1 aromatic carbocycles. The summed E-state index contributed by atoms with van der Waals surface area (Å²) in [5.74, 6) is -0.588. The standard InChI is InChI=1S/C16H19Cl3N2O5/c1-25-12-6-7-20-15(12,9-22)13(23)10-2-4-11(5-3-10)21-14(24)26-16(18,19)8-17/h2-5,12,20,22H,6-9H2,1H3,(H,21,24). The van der Waals surface area contributed by atoms with Crippen molar-refractivity contribution in [3.8, 4) is 0 Å². The molecule has 2 rings (SSSR count). The van der Waals surface area contributed by atoms with E-state index in [1.807, 2.05) is 0 Å². The largest absolute Gasteiger partial charge is 0.414 e. The van der Waals surface area contributed by atoms with Crippen LogP contribution in [0.4, 0.5) is 10.5 Å². The van der Waals surface area contributed by atoms with Crippen molar-refractivity contribution in [3.05, 3.63) is 29.8 Å². The Hall–Kier alpha value is -1.09. The van der Waals surface area contributed by atoms with Gasteiger partial charge >= 0.3 is 6.09 Å². The molecular weight excluding hydrogens is 407 g/mol. The number of carbonyl (C=O) groups is 2. The first-order chi connectivity index (χ1) is 12.3. The van der Waals surface area contributed by atoms with E-state index < -0.39 is 22.3 Å². The van der Waals surface area contributed by atoms with Gasteiger partial charge in [-0.2, -0.15) is 0 Å². The third-order valence-corrected chi connectivity index (χ3v) is 5.20. The number of Topliss-reactive ketones (excluding diaryl/α,β-unsaturated/α-hetero) is 1. The zero-order valence-corrected chi connectivity index (χ0v) is 16.2. The second kappa shape index (κ2) is 8.73. The fourth-order valence-corrected chi connectivity index (χ4v) is 3.03. The number of anilines is 1. The lowest BCUT2D eigenvalue weighted by atomic mass is 9.86. The molecule has 0 aliphatic carbocycles. The highest BCUT2D eigenvalue weighted by atomic mass is 35.5. The van der Waals surface area contributed by atoms with Crippen molar-refractivity contribution in [1.82, 2.24) is 5.32 Å². The van der Waals surface area contributed by atoms with E-state index in [4.69, 9.17) is 44.3 Å². The number of halogens is 3. The number of ketones is 1. The Morgan fingerprint density at radius 1 is 1.38 bits per heavy atom. The van der Waals surface area contributed by atoms with Gasteiger partial charge < -0.3 is 19.9 Å². The summed E-state index contributed by atoms with van der Waals surface area (Å²) in [5, 5.41) is 15.2. The number of methoxy groups -OCH3 is 1. The van der Waals surface area contributed by atoms with Crippen LogP contribution in [0.3, 0.4) is 0 Å². The normalized spacial score (nSPS) is 22.9. The summed E-state index contributed by atoms with van der Waals surface area (Å²) in [6, 6.07) is 6.08. The number of alkyl halides is 3. The molecule has 3 N–H and O–H groups in total. The molecule has 0 spiro atoms. The molecule has 1 saturated heterocycles. The molecule has 1 aliphatic heterocycles. The number of benzene rings is 1. The lowest BCUT2D eigenvalue weighted by Gasteiger charge is -2.31. The molecule has 1 aromatic rings. The van der Waals surface area contributed by atoms with Gasteiger partial charge in [0.25, 0.3) is 4.52 Å². The van der Waals surface area contributed by atoms with Gasteiger partial charge in [0, 0.05) is 18.4 Å². The molecule has 2 atom stereocenters. The minimum Gasteiger partial charge on any atom is -0.411 e. The van der Waals surface area contributed by atoms with E-state index in [-0.39, 0.29) is 18.3 Å². The van der Waals surface area contributed by atoms with Crippen LogP contribution in [0, 0.1) is 0 Å². The van der Waals surface area contributed by atoms with Crippen LogP contribution < -0.4 is 10.6 Å². The molecular formula is C16H19Cl3N2O5. The highest BCUT2D eigenvalue weighted by Crippen LogP contribution is 2.28. The third kappa shape index (κ3) is 4.60. The number of amides is 1. The SMILES string of the molecule is COC1CCNC1(CO)C(=O)c1ccc(NC(=O)OC(Cl)(Cl)CCl)cc1. The van der Waals surface area contributed by atoms with E-state index >= 15 is 0 Å². The molecule has 1 amide bonds. The predicted octanol–water partition coefficient (Wildman–Crippen LogP) is 2.53. The highest BCUT2D eigenvalue weighted by molar-refractivity contribution is 6.50. The average Bonchev–Trinajstić information content (AvgIpc) is 3.05. The topological polar surface area (TPSA) is 96.9 Å². The van der Waals surface area contributed by atoms with Gasteiger partial charge in [0.05, 0.1) is 18.6 Å². The van der Waals surface area contributed by atoms with Crippen LogP contribution in [-0.4, -0.2) is 59.3 Å². The van der Waals surface area contributed by atoms with Crippen LogP contribution in [0.25, 0.3) is 0 Å². The van der Waals surface area contributed by atoms with Crippen LogP contribution in [0.2, 0.25) is 0 Å². The number of aliphatic hydroxyl groups excluding tert-OH is 1. The number of aliphatic hydroxyl groups is 1. The number of rotatable bonds is 7. The first-order valence-corrected chi connectivity index (χ1v) is 9.04. The molecule has 0 radical (unpaired) electrons. The maximum atomic E-state index is 12.9. The first kappa shape index (κ1) is 21.2. The van der Waals surface area contributed by atoms with Gasteiger partial charge in [0.2, 0.25) is 0 Å². The maximum Gasteiger partial charge on any atom is 0.414 e. The monoisotopic (exact) mass is 424 g/mol. The maximum absolute atomic E-state index is 12.9. The Kier molecular flexibility index (Phi) is 7.12. The van der Waals surface area contributed by atoms with E-state index in [0.29, 0.717) is 24.2 Å². The molecule has 144 valence electrons. The van der Waals surface area contributed by atoms with Crippen molar-refractivity contribution < 1.29 is 24.2 Å². The number of ether oxygens (including phenoxy) is 2. The Morgan fingerprint density at radius 3 is 2.58 bits per heavy atom. The van der Waals surface area contributed by atoms with Crippen LogP contribution in [0.15, 0.2) is 24.3 Å². The molecule has 1 fully saturated rings. The Bertz CT molecular complexity index is 656. The van der Waals surface area contributed by atoms with Gasteiger partial charge in [-0.05, 0) is 37.2 Å². The smallest absolute Gasteiger partial charge is 0.411 e. The second-order valence-corrected chi connectivity index (χ2v) is 7.44. The van der Waals surface area contributed by atoms with Crippen molar-refractivity contribution in [2.24, 2.45) is 0 Å². The first-order valence-electron chi connectivity index (χ1n) is 7.75. The minimum atomic E-state index is -1.83. The fourth-order valence-electron chi connectivity index (χ4n) is 2.83. The number of hydrogen-bond acceptors (Lipinski definition) is 6. The van der Waals surface area contributed by atoms with Gasteiger partial charge in [-0.25, -0.2) is 4.79 Å². The quantitative estimate of drug-likeness (QED) is 0.459. The van der Waals surface area contributed by atoms with Crippen molar-refractivity contribution in [2.45, 2.75) is 22.6 Å². The number of carbonyl (C=O) groups excluding carboxylic acids is 2. The predicted molar refractivity (Wildman–Crippen MR) is 99.3 cm³/mol. The lowest BCUT2D eigenvalue weighted by Crippen LogP contribution is -2.58. The van der Waals surface area contributed by atoms with Crippen LogP contribution in [-0.2, 0) is 9.47 Å². The summed E-state index contributed by atoms with van der Waals surface area (Å²) in [6.45, 7) is 0.179. The van der Waals surface area contributed by atoms with E-state index in [1.165, 1.54) is 31.4 Å². The van der Waals surface area contributed by atoms with Crippen molar-refractivity contribution in [3.63, 3.8) is 0 Å². The van der Waals surface area contributed by atoms with Gasteiger partial charge in [-0.15, -0.1) is 11.6 Å². The summed E-state index contributed by atoms with van der Waals surface area (Å²) in [6.07, 6.45) is -0.699. The van der Waals surface area contributed by atoms with Crippen molar-refractivity contribution in [1.29, 1.82) is 0 Å². The lowest BCUT2D eigenvalue weighted by molar-refractivity contribution is 0.0187. The Labute approximate surface area is 165 Å². The molecule has 1 heterocycles. The summed E-state index contributed by atoms with van der Waals surface area (Å²) >= 11 is 16.8. The summed E-state index contributed by atoms with van der Waals surface area (Å²) < 4.78 is 8.24. The van der Waals surface area contributed by atoms with Crippen molar-refractivity contribution >= 4 is 52.4 Å². The minimum absolute atomic E-state index is 0.291. The average molecular weight is 426 g/mol. The molecule has 0 bridgehead atoms. The molecule has 7 nitrogen and oxygen atoms in total. The third-order valence-electron chi connectivity index (χ3n) is 4.13. The van der Waals surface area contributed by atoms with Gasteiger partial charge in [-0.1, -0.05) is 23.2 Å². The Balaban J connectivity index is 2.09. The number of nitrogens with one attached hydrogen (secondary N) is 2. The summed E-state index contributed by atoms with van der Waals surface area (Å²) in [4.78, 5) is 24.6. The van der Waals surface area contributed by atoms with Gasteiger partial charge in [0.1, 0.15) is 5.54 Å². The van der Waals surface area contributed by atoms with Crippen LogP contribution >= 0.6 is 34.8 Å². The molecule has 2 unspecified atom stereocenters. The zero-order valence-electron chi connectivity index (χ0n) is 13.9. The molecule has 0 aromatic heterocycles. The zero-order chi connectivity index (χ0) is 19.4. The van der Waals surface area contributed by atoms with Gasteiger partial charge in [-0.3, -0.25) is 10.1 Å². The highest BCUT2D eigenvalue weighted by Gasteiger charge is 2.49. The van der Waals surface area contributed by atoms with Crippen LogP contribution in [0.5, 0.6) is 0 Å². The van der Waals surface area contributed by atoms with Gasteiger partial charge in [0.15, 0.2) is 5.78 Å². The molecule has 26 heavy (non-hydrogen) atoms. The fraction of sp³-hybridized carbons (Fsp3) is 0.500.